The number of esters is 1. The Hall–Kier alpha value is -2.08. The van der Waals surface area contributed by atoms with Gasteiger partial charge < -0.3 is 14.8 Å². The number of methoxy groups -OCH3 is 1. The lowest BCUT2D eigenvalue weighted by molar-refractivity contribution is -0.144. The van der Waals surface area contributed by atoms with Crippen molar-refractivity contribution >= 4 is 17.6 Å². The summed E-state index contributed by atoms with van der Waals surface area (Å²) in [4.78, 5) is 25.2. The Morgan fingerprint density at radius 3 is 2.52 bits per heavy atom. The van der Waals surface area contributed by atoms with Crippen LogP contribution < -0.4 is 10.1 Å². The number of rotatable bonds is 8. The number of hydrogen-bond donors (Lipinski definition) is 1. The summed E-state index contributed by atoms with van der Waals surface area (Å²) in [7, 11) is 1.55. The zero-order valence-corrected chi connectivity index (χ0v) is 12.7. The lowest BCUT2D eigenvalue weighted by Crippen LogP contribution is -2.37. The number of hydrogen-bond acceptors (Lipinski definition) is 5. The van der Waals surface area contributed by atoms with E-state index in [4.69, 9.17) is 9.47 Å². The summed E-state index contributed by atoms with van der Waals surface area (Å²) >= 11 is 0. The van der Waals surface area contributed by atoms with Gasteiger partial charge in [0.1, 0.15) is 5.75 Å². The van der Waals surface area contributed by atoms with E-state index in [1.54, 1.807) is 31.1 Å². The summed E-state index contributed by atoms with van der Waals surface area (Å²) in [5, 5.41) is 2.77. The molecule has 1 N–H and O–H groups in total. The molecule has 0 aliphatic carbocycles. The van der Waals surface area contributed by atoms with E-state index < -0.39 is 0 Å². The van der Waals surface area contributed by atoms with Gasteiger partial charge in [0.2, 0.25) is 5.91 Å². The Morgan fingerprint density at radius 2 is 1.90 bits per heavy atom. The molecule has 0 aliphatic rings. The fourth-order valence-electron chi connectivity index (χ4n) is 1.81. The minimum absolute atomic E-state index is 0.101. The SMILES string of the molecule is CCOC(=O)CN(CC)CC(=O)Nc1ccccc1OC. The summed E-state index contributed by atoms with van der Waals surface area (Å²) in [5.74, 6) is 0.0642. The molecular weight excluding hydrogens is 272 g/mol. The van der Waals surface area contributed by atoms with Crippen LogP contribution in [0.4, 0.5) is 5.69 Å². The van der Waals surface area contributed by atoms with E-state index in [2.05, 4.69) is 5.32 Å². The molecule has 0 saturated heterocycles. The Labute approximate surface area is 125 Å². The highest BCUT2D eigenvalue weighted by Crippen LogP contribution is 2.22. The first-order chi connectivity index (χ1) is 10.1. The Bertz CT molecular complexity index is 476. The van der Waals surface area contributed by atoms with Gasteiger partial charge in [0.15, 0.2) is 0 Å². The fourth-order valence-corrected chi connectivity index (χ4v) is 1.81. The van der Waals surface area contributed by atoms with Crippen molar-refractivity contribution in [3.8, 4) is 5.75 Å². The van der Waals surface area contributed by atoms with Crippen molar-refractivity contribution in [1.82, 2.24) is 4.90 Å². The van der Waals surface area contributed by atoms with Crippen LogP contribution in [0.1, 0.15) is 13.8 Å². The largest absolute Gasteiger partial charge is 0.495 e. The van der Waals surface area contributed by atoms with Gasteiger partial charge in [0, 0.05) is 0 Å². The quantitative estimate of drug-likeness (QED) is 0.736. The zero-order valence-electron chi connectivity index (χ0n) is 12.7. The zero-order chi connectivity index (χ0) is 15.7. The van der Waals surface area contributed by atoms with Crippen LogP contribution in [0.5, 0.6) is 5.75 Å². The average Bonchev–Trinajstić information content (AvgIpc) is 2.47. The molecule has 116 valence electrons. The molecule has 6 heteroatoms. The van der Waals surface area contributed by atoms with Crippen molar-refractivity contribution in [2.24, 2.45) is 0 Å². The van der Waals surface area contributed by atoms with Crippen LogP contribution in [0.2, 0.25) is 0 Å². The van der Waals surface area contributed by atoms with Crippen LogP contribution in [0.15, 0.2) is 24.3 Å². The number of nitrogens with zero attached hydrogens (tertiary/aromatic N) is 1. The molecule has 1 amide bonds. The molecule has 0 radical (unpaired) electrons. The van der Waals surface area contributed by atoms with Gasteiger partial charge >= 0.3 is 5.97 Å². The second kappa shape index (κ2) is 8.97. The van der Waals surface area contributed by atoms with Gasteiger partial charge in [-0.3, -0.25) is 14.5 Å². The summed E-state index contributed by atoms with van der Waals surface area (Å²) in [5.41, 5.74) is 0.609. The van der Waals surface area contributed by atoms with Crippen LogP contribution in [-0.2, 0) is 14.3 Å². The topological polar surface area (TPSA) is 67.9 Å². The van der Waals surface area contributed by atoms with Crippen LogP contribution in [0.3, 0.4) is 0 Å². The molecule has 0 atom stereocenters. The van der Waals surface area contributed by atoms with Gasteiger partial charge in [-0.1, -0.05) is 19.1 Å². The number of nitrogens with one attached hydrogen (secondary N) is 1. The summed E-state index contributed by atoms with van der Waals surface area (Å²) in [6.07, 6.45) is 0. The number of anilines is 1. The van der Waals surface area contributed by atoms with E-state index in [0.717, 1.165) is 0 Å². The number of carbonyl (C=O) groups is 2. The smallest absolute Gasteiger partial charge is 0.320 e. The maximum atomic E-state index is 12.0. The van der Waals surface area contributed by atoms with Crippen LogP contribution >= 0.6 is 0 Å². The first-order valence-electron chi connectivity index (χ1n) is 6.91. The van der Waals surface area contributed by atoms with E-state index in [9.17, 15) is 9.59 Å². The second-order valence-electron chi connectivity index (χ2n) is 4.36. The van der Waals surface area contributed by atoms with E-state index in [1.807, 2.05) is 19.1 Å². The molecule has 0 unspecified atom stereocenters. The molecule has 0 fully saturated rings. The number of benzene rings is 1. The maximum absolute atomic E-state index is 12.0. The highest BCUT2D eigenvalue weighted by Gasteiger charge is 2.14. The van der Waals surface area contributed by atoms with E-state index in [-0.39, 0.29) is 25.0 Å². The predicted octanol–water partition coefficient (Wildman–Crippen LogP) is 1.52. The fraction of sp³-hybridized carbons (Fsp3) is 0.467. The maximum Gasteiger partial charge on any atom is 0.320 e. The molecule has 1 aromatic carbocycles. The van der Waals surface area contributed by atoms with Crippen molar-refractivity contribution in [2.45, 2.75) is 13.8 Å². The van der Waals surface area contributed by atoms with Crippen molar-refractivity contribution in [1.29, 1.82) is 0 Å². The number of para-hydroxylation sites is 2. The highest BCUT2D eigenvalue weighted by atomic mass is 16.5. The summed E-state index contributed by atoms with van der Waals surface area (Å²) < 4.78 is 10.0. The normalized spacial score (nSPS) is 10.3. The van der Waals surface area contributed by atoms with Gasteiger partial charge in [-0.25, -0.2) is 0 Å². The standard InChI is InChI=1S/C15H22N2O4/c1-4-17(11-15(19)21-5-2)10-14(18)16-12-8-6-7-9-13(12)20-3/h6-9H,4-5,10-11H2,1-3H3,(H,16,18). The number of carbonyl (C=O) groups excluding carboxylic acids is 2. The van der Waals surface area contributed by atoms with Gasteiger partial charge in [-0.05, 0) is 25.6 Å². The predicted molar refractivity (Wildman–Crippen MR) is 80.4 cm³/mol. The second-order valence-corrected chi connectivity index (χ2v) is 4.36. The Morgan fingerprint density at radius 1 is 1.19 bits per heavy atom. The molecule has 0 saturated carbocycles. The molecule has 0 aromatic heterocycles. The van der Waals surface area contributed by atoms with Gasteiger partial charge in [-0.2, -0.15) is 0 Å². The lowest BCUT2D eigenvalue weighted by atomic mass is 10.3. The Kier molecular flexibility index (Phi) is 7.25. The van der Waals surface area contributed by atoms with Crippen molar-refractivity contribution in [2.75, 3.05) is 38.7 Å². The molecule has 0 aliphatic heterocycles. The molecule has 0 heterocycles. The molecule has 0 bridgehead atoms. The minimum Gasteiger partial charge on any atom is -0.495 e. The van der Waals surface area contributed by atoms with E-state index >= 15 is 0 Å². The number of ether oxygens (including phenoxy) is 2. The van der Waals surface area contributed by atoms with Crippen LogP contribution in [-0.4, -0.2) is 50.1 Å². The number of likely N-dealkylation sites (N-methyl/N-ethyl adjacent to an activating group) is 1. The summed E-state index contributed by atoms with van der Waals surface area (Å²) in [6.45, 7) is 4.77. The molecule has 0 spiro atoms. The van der Waals surface area contributed by atoms with E-state index in [1.165, 1.54) is 0 Å². The molecule has 21 heavy (non-hydrogen) atoms. The highest BCUT2D eigenvalue weighted by molar-refractivity contribution is 5.93. The first-order valence-corrected chi connectivity index (χ1v) is 6.91. The summed E-state index contributed by atoms with van der Waals surface area (Å²) in [6, 6.07) is 7.17. The third-order valence-corrected chi connectivity index (χ3v) is 2.85. The first kappa shape index (κ1) is 17.0. The van der Waals surface area contributed by atoms with Crippen LogP contribution in [0.25, 0.3) is 0 Å². The van der Waals surface area contributed by atoms with E-state index in [0.29, 0.717) is 24.6 Å². The molecule has 6 nitrogen and oxygen atoms in total. The van der Waals surface area contributed by atoms with Gasteiger partial charge in [-0.15, -0.1) is 0 Å². The van der Waals surface area contributed by atoms with Gasteiger partial charge in [0.25, 0.3) is 0 Å². The van der Waals surface area contributed by atoms with Crippen molar-refractivity contribution in [3.05, 3.63) is 24.3 Å². The van der Waals surface area contributed by atoms with Gasteiger partial charge in [0.05, 0.1) is 32.5 Å². The molecule has 1 rings (SSSR count). The average molecular weight is 294 g/mol. The number of amides is 1. The Balaban J connectivity index is 2.56. The van der Waals surface area contributed by atoms with Crippen molar-refractivity contribution < 1.29 is 19.1 Å². The van der Waals surface area contributed by atoms with Crippen LogP contribution in [0, 0.1) is 0 Å². The lowest BCUT2D eigenvalue weighted by Gasteiger charge is -2.19. The molecular formula is C15H22N2O4. The minimum atomic E-state index is -0.329. The third-order valence-electron chi connectivity index (χ3n) is 2.85. The molecule has 1 aromatic rings. The monoisotopic (exact) mass is 294 g/mol. The third kappa shape index (κ3) is 5.83. The van der Waals surface area contributed by atoms with Crippen molar-refractivity contribution in [3.63, 3.8) is 0 Å².